The van der Waals surface area contributed by atoms with Crippen molar-refractivity contribution in [3.05, 3.63) is 29.8 Å². The second kappa shape index (κ2) is 4.56. The van der Waals surface area contributed by atoms with E-state index in [0.717, 1.165) is 18.6 Å². The van der Waals surface area contributed by atoms with Gasteiger partial charge in [0.25, 0.3) is 5.91 Å². The van der Waals surface area contributed by atoms with Crippen LogP contribution in [0.4, 0.5) is 0 Å². The van der Waals surface area contributed by atoms with Gasteiger partial charge in [0, 0.05) is 6.04 Å². The Morgan fingerprint density at radius 2 is 2.00 bits per heavy atom. The molecule has 1 saturated carbocycles. The Bertz CT molecular complexity index is 368. The Hall–Kier alpha value is -1.51. The van der Waals surface area contributed by atoms with Crippen LogP contribution in [0.15, 0.2) is 24.3 Å². The molecular formula is C13H17NO2. The third kappa shape index (κ3) is 2.99. The molecular weight excluding hydrogens is 202 g/mol. The summed E-state index contributed by atoms with van der Waals surface area (Å²) in [6, 6.07) is 8.10. The predicted molar refractivity (Wildman–Crippen MR) is 62.4 cm³/mol. The highest BCUT2D eigenvalue weighted by Crippen LogP contribution is 2.19. The van der Waals surface area contributed by atoms with Crippen LogP contribution in [0, 0.1) is 6.92 Å². The Balaban J connectivity index is 1.87. The van der Waals surface area contributed by atoms with E-state index in [0.29, 0.717) is 6.04 Å². The lowest BCUT2D eigenvalue weighted by Gasteiger charge is -2.14. The van der Waals surface area contributed by atoms with Crippen molar-refractivity contribution < 1.29 is 9.53 Å². The van der Waals surface area contributed by atoms with Crippen molar-refractivity contribution in [1.29, 1.82) is 0 Å². The molecule has 0 unspecified atom stereocenters. The first kappa shape index (κ1) is 11.0. The summed E-state index contributed by atoms with van der Waals surface area (Å²) < 4.78 is 5.55. The minimum atomic E-state index is -0.427. The molecule has 1 aromatic rings. The molecule has 0 radical (unpaired) electrons. The highest BCUT2D eigenvalue weighted by atomic mass is 16.5. The van der Waals surface area contributed by atoms with Crippen LogP contribution in [0.2, 0.25) is 0 Å². The summed E-state index contributed by atoms with van der Waals surface area (Å²) in [7, 11) is 0. The van der Waals surface area contributed by atoms with E-state index in [4.69, 9.17) is 4.74 Å². The van der Waals surface area contributed by atoms with Crippen molar-refractivity contribution in [2.45, 2.75) is 38.8 Å². The summed E-state index contributed by atoms with van der Waals surface area (Å²) in [6.45, 7) is 3.80. The lowest BCUT2D eigenvalue weighted by molar-refractivity contribution is -0.127. The first-order valence-corrected chi connectivity index (χ1v) is 5.69. The number of amides is 1. The van der Waals surface area contributed by atoms with Crippen LogP contribution in [-0.2, 0) is 4.79 Å². The highest BCUT2D eigenvalue weighted by Gasteiger charge is 2.26. The zero-order valence-electron chi connectivity index (χ0n) is 9.69. The number of hydrogen-bond donors (Lipinski definition) is 1. The second-order valence-electron chi connectivity index (χ2n) is 4.36. The van der Waals surface area contributed by atoms with Crippen LogP contribution in [0.25, 0.3) is 0 Å². The van der Waals surface area contributed by atoms with Crippen LogP contribution in [0.5, 0.6) is 5.75 Å². The fraction of sp³-hybridized carbons (Fsp3) is 0.462. The highest BCUT2D eigenvalue weighted by molar-refractivity contribution is 5.81. The molecule has 0 saturated heterocycles. The summed E-state index contributed by atoms with van der Waals surface area (Å²) in [6.07, 6.45) is 1.77. The van der Waals surface area contributed by atoms with Crippen LogP contribution < -0.4 is 10.1 Å². The summed E-state index contributed by atoms with van der Waals surface area (Å²) in [5.74, 6) is 0.715. The average molecular weight is 219 g/mol. The monoisotopic (exact) mass is 219 g/mol. The van der Waals surface area contributed by atoms with Gasteiger partial charge in [-0.15, -0.1) is 0 Å². The van der Waals surface area contributed by atoms with Crippen molar-refractivity contribution in [2.24, 2.45) is 0 Å². The van der Waals surface area contributed by atoms with Crippen LogP contribution in [-0.4, -0.2) is 18.1 Å². The average Bonchev–Trinajstić information content (AvgIpc) is 3.05. The van der Waals surface area contributed by atoms with Crippen molar-refractivity contribution in [1.82, 2.24) is 5.32 Å². The van der Waals surface area contributed by atoms with Crippen molar-refractivity contribution in [3.8, 4) is 5.75 Å². The van der Waals surface area contributed by atoms with E-state index in [1.807, 2.05) is 31.2 Å². The standard InChI is InChI=1S/C13H17NO2/c1-9-3-7-12(8-4-9)16-10(2)13(15)14-11-5-6-11/h3-4,7-8,10-11H,5-6H2,1-2H3,(H,14,15)/t10-/m1/s1. The van der Waals surface area contributed by atoms with Gasteiger partial charge in [-0.2, -0.15) is 0 Å². The van der Waals surface area contributed by atoms with Gasteiger partial charge in [-0.05, 0) is 38.8 Å². The quantitative estimate of drug-likeness (QED) is 0.841. The molecule has 1 aliphatic rings. The number of hydrogen-bond acceptors (Lipinski definition) is 2. The zero-order chi connectivity index (χ0) is 11.5. The van der Waals surface area contributed by atoms with E-state index in [1.165, 1.54) is 5.56 Å². The van der Waals surface area contributed by atoms with E-state index >= 15 is 0 Å². The Morgan fingerprint density at radius 1 is 1.38 bits per heavy atom. The van der Waals surface area contributed by atoms with Crippen molar-refractivity contribution >= 4 is 5.91 Å². The molecule has 3 heteroatoms. The molecule has 86 valence electrons. The van der Waals surface area contributed by atoms with Gasteiger partial charge in [0.1, 0.15) is 5.75 Å². The summed E-state index contributed by atoms with van der Waals surface area (Å²) in [4.78, 5) is 11.6. The van der Waals surface area contributed by atoms with E-state index in [1.54, 1.807) is 6.92 Å². The molecule has 1 atom stereocenters. The lowest BCUT2D eigenvalue weighted by Crippen LogP contribution is -2.37. The minimum Gasteiger partial charge on any atom is -0.481 e. The normalized spacial score (nSPS) is 16.6. The molecule has 0 bridgehead atoms. The van der Waals surface area contributed by atoms with E-state index in [2.05, 4.69) is 5.32 Å². The molecule has 1 amide bonds. The lowest BCUT2D eigenvalue weighted by atomic mass is 10.2. The molecule has 1 fully saturated rings. The van der Waals surface area contributed by atoms with Gasteiger partial charge in [0.05, 0.1) is 0 Å². The van der Waals surface area contributed by atoms with Gasteiger partial charge in [-0.1, -0.05) is 17.7 Å². The minimum absolute atomic E-state index is 0.0249. The number of benzene rings is 1. The second-order valence-corrected chi connectivity index (χ2v) is 4.36. The summed E-state index contributed by atoms with van der Waals surface area (Å²) in [5, 5.41) is 2.92. The topological polar surface area (TPSA) is 38.3 Å². The molecule has 1 aromatic carbocycles. The molecule has 0 spiro atoms. The number of aryl methyl sites for hydroxylation is 1. The van der Waals surface area contributed by atoms with Gasteiger partial charge in [0.15, 0.2) is 6.10 Å². The van der Waals surface area contributed by atoms with Crippen molar-refractivity contribution in [3.63, 3.8) is 0 Å². The predicted octanol–water partition coefficient (Wildman–Crippen LogP) is 2.04. The molecule has 3 nitrogen and oxygen atoms in total. The summed E-state index contributed by atoms with van der Waals surface area (Å²) in [5.41, 5.74) is 1.18. The number of carbonyl (C=O) groups excluding carboxylic acids is 1. The van der Waals surface area contributed by atoms with Crippen LogP contribution in [0.3, 0.4) is 0 Å². The molecule has 0 heterocycles. The van der Waals surface area contributed by atoms with Gasteiger partial charge < -0.3 is 10.1 Å². The number of nitrogens with one attached hydrogen (secondary N) is 1. The molecule has 1 N–H and O–H groups in total. The fourth-order valence-corrected chi connectivity index (χ4v) is 1.42. The molecule has 1 aliphatic carbocycles. The molecule has 0 aliphatic heterocycles. The Labute approximate surface area is 95.8 Å². The van der Waals surface area contributed by atoms with Crippen molar-refractivity contribution in [2.75, 3.05) is 0 Å². The third-order valence-corrected chi connectivity index (χ3v) is 2.63. The van der Waals surface area contributed by atoms with E-state index in [-0.39, 0.29) is 5.91 Å². The van der Waals surface area contributed by atoms with Crippen LogP contribution in [0.1, 0.15) is 25.3 Å². The first-order valence-electron chi connectivity index (χ1n) is 5.69. The Morgan fingerprint density at radius 3 is 2.56 bits per heavy atom. The maximum absolute atomic E-state index is 11.6. The molecule has 0 aromatic heterocycles. The SMILES string of the molecule is Cc1ccc(O[C@H](C)C(=O)NC2CC2)cc1. The first-order chi connectivity index (χ1) is 7.65. The zero-order valence-corrected chi connectivity index (χ0v) is 9.69. The maximum Gasteiger partial charge on any atom is 0.260 e. The smallest absolute Gasteiger partial charge is 0.260 e. The summed E-state index contributed by atoms with van der Waals surface area (Å²) >= 11 is 0. The van der Waals surface area contributed by atoms with Gasteiger partial charge in [-0.25, -0.2) is 0 Å². The molecule has 2 rings (SSSR count). The number of carbonyl (C=O) groups is 1. The maximum atomic E-state index is 11.6. The molecule has 16 heavy (non-hydrogen) atoms. The van der Waals surface area contributed by atoms with Gasteiger partial charge in [-0.3, -0.25) is 4.79 Å². The van der Waals surface area contributed by atoms with E-state index in [9.17, 15) is 4.79 Å². The largest absolute Gasteiger partial charge is 0.481 e. The van der Waals surface area contributed by atoms with Crippen LogP contribution >= 0.6 is 0 Å². The third-order valence-electron chi connectivity index (χ3n) is 2.63. The Kier molecular flexibility index (Phi) is 3.13. The number of rotatable bonds is 4. The van der Waals surface area contributed by atoms with Gasteiger partial charge >= 0.3 is 0 Å². The fourth-order valence-electron chi connectivity index (χ4n) is 1.42. The number of ether oxygens (including phenoxy) is 1. The van der Waals surface area contributed by atoms with E-state index < -0.39 is 6.10 Å². The van der Waals surface area contributed by atoms with Gasteiger partial charge in [0.2, 0.25) is 0 Å².